The monoisotopic (exact) mass is 484 g/mol. The fraction of sp³-hybridized carbons (Fsp3) is 0.250. The van der Waals surface area contributed by atoms with Crippen molar-refractivity contribution in [2.45, 2.75) is 6.04 Å². The molecule has 162 valence electrons. The molecule has 3 rings (SSSR count). The third-order valence-corrected chi connectivity index (χ3v) is 5.52. The standard InChI is InChI=1S/C24H25BrN2O4/c1-4-14-31-19-7-5-6-17(15-19)21-20(22(28)16-8-10-18(25)11-9-16)23(29)24(30)27(21)13-12-26(2)3/h4-11,15,21,28H,1,12-14H2,2-3H3/t21-/m0/s1. The van der Waals surface area contributed by atoms with Crippen LogP contribution in [0.5, 0.6) is 5.75 Å². The zero-order chi connectivity index (χ0) is 22.5. The van der Waals surface area contributed by atoms with Crippen molar-refractivity contribution in [2.24, 2.45) is 0 Å². The van der Waals surface area contributed by atoms with E-state index >= 15 is 0 Å². The van der Waals surface area contributed by atoms with Crippen LogP contribution in [0.15, 0.2) is 71.2 Å². The lowest BCUT2D eigenvalue weighted by Gasteiger charge is -2.26. The summed E-state index contributed by atoms with van der Waals surface area (Å²) < 4.78 is 6.48. The molecule has 0 saturated carbocycles. The Kier molecular flexibility index (Phi) is 7.30. The molecule has 0 aromatic heterocycles. The molecule has 0 aliphatic carbocycles. The minimum absolute atomic E-state index is 0.0759. The first kappa shape index (κ1) is 22.8. The van der Waals surface area contributed by atoms with Gasteiger partial charge in [-0.25, -0.2) is 0 Å². The smallest absolute Gasteiger partial charge is 0.295 e. The zero-order valence-corrected chi connectivity index (χ0v) is 19.1. The number of ketones is 1. The summed E-state index contributed by atoms with van der Waals surface area (Å²) in [6.45, 7) is 4.91. The van der Waals surface area contributed by atoms with Gasteiger partial charge in [-0.3, -0.25) is 9.59 Å². The molecule has 2 aromatic rings. The number of nitrogens with zero attached hydrogens (tertiary/aromatic N) is 2. The number of Topliss-reactive ketones (excluding diaryl/α,β-unsaturated/α-hetero) is 1. The number of hydrogen-bond acceptors (Lipinski definition) is 5. The number of likely N-dealkylation sites (N-methyl/N-ethyl adjacent to an activating group) is 1. The van der Waals surface area contributed by atoms with Crippen molar-refractivity contribution in [3.63, 3.8) is 0 Å². The van der Waals surface area contributed by atoms with Gasteiger partial charge in [0.05, 0.1) is 11.6 Å². The van der Waals surface area contributed by atoms with E-state index in [9.17, 15) is 14.7 Å². The first-order valence-corrected chi connectivity index (χ1v) is 10.7. The SMILES string of the molecule is C=CCOc1cccc([C@H]2C(=C(O)c3ccc(Br)cc3)C(=O)C(=O)N2CCN(C)C)c1. The number of ether oxygens (including phenoxy) is 1. The van der Waals surface area contributed by atoms with Gasteiger partial charge in [0, 0.05) is 23.1 Å². The first-order valence-electron chi connectivity index (χ1n) is 9.86. The summed E-state index contributed by atoms with van der Waals surface area (Å²) >= 11 is 3.37. The number of hydrogen-bond donors (Lipinski definition) is 1. The highest BCUT2D eigenvalue weighted by atomic mass is 79.9. The molecule has 31 heavy (non-hydrogen) atoms. The minimum Gasteiger partial charge on any atom is -0.507 e. The lowest BCUT2D eigenvalue weighted by Crippen LogP contribution is -2.35. The summed E-state index contributed by atoms with van der Waals surface area (Å²) in [7, 11) is 3.80. The molecule has 7 heteroatoms. The van der Waals surface area contributed by atoms with E-state index in [0.29, 0.717) is 36.6 Å². The molecule has 1 heterocycles. The van der Waals surface area contributed by atoms with Crippen LogP contribution in [-0.2, 0) is 9.59 Å². The molecule has 1 atom stereocenters. The Balaban J connectivity index is 2.12. The number of benzene rings is 2. The van der Waals surface area contributed by atoms with Crippen LogP contribution in [-0.4, -0.2) is 60.4 Å². The van der Waals surface area contributed by atoms with E-state index in [2.05, 4.69) is 22.5 Å². The van der Waals surface area contributed by atoms with E-state index in [1.165, 1.54) is 4.90 Å². The number of halogens is 1. The summed E-state index contributed by atoms with van der Waals surface area (Å²) in [5, 5.41) is 11.0. The first-order chi connectivity index (χ1) is 14.8. The molecule has 1 fully saturated rings. The van der Waals surface area contributed by atoms with Gasteiger partial charge in [0.2, 0.25) is 0 Å². The lowest BCUT2D eigenvalue weighted by molar-refractivity contribution is -0.140. The Bertz CT molecular complexity index is 1010. The highest BCUT2D eigenvalue weighted by molar-refractivity contribution is 9.10. The van der Waals surface area contributed by atoms with Gasteiger partial charge in [-0.05, 0) is 43.9 Å². The normalized spacial score (nSPS) is 17.9. The highest BCUT2D eigenvalue weighted by Crippen LogP contribution is 2.40. The Hall–Kier alpha value is -2.90. The Morgan fingerprint density at radius 1 is 1.23 bits per heavy atom. The third-order valence-electron chi connectivity index (χ3n) is 4.99. The fourth-order valence-electron chi connectivity index (χ4n) is 3.46. The maximum atomic E-state index is 13.0. The van der Waals surface area contributed by atoms with E-state index in [4.69, 9.17) is 4.74 Å². The molecule has 0 spiro atoms. The van der Waals surface area contributed by atoms with Crippen LogP contribution in [0.25, 0.3) is 5.76 Å². The van der Waals surface area contributed by atoms with Crippen LogP contribution in [0.1, 0.15) is 17.2 Å². The molecule has 0 radical (unpaired) electrons. The maximum Gasteiger partial charge on any atom is 0.295 e. The van der Waals surface area contributed by atoms with Crippen molar-refractivity contribution in [3.8, 4) is 5.75 Å². The van der Waals surface area contributed by atoms with Gasteiger partial charge in [0.15, 0.2) is 0 Å². The molecule has 1 N–H and O–H groups in total. The number of carbonyl (C=O) groups excluding carboxylic acids is 2. The van der Waals surface area contributed by atoms with Crippen LogP contribution in [0.4, 0.5) is 0 Å². The van der Waals surface area contributed by atoms with Gasteiger partial charge >= 0.3 is 0 Å². The average molecular weight is 485 g/mol. The van der Waals surface area contributed by atoms with Crippen LogP contribution in [0, 0.1) is 0 Å². The molecular formula is C24H25BrN2O4. The average Bonchev–Trinajstić information content (AvgIpc) is 3.01. The van der Waals surface area contributed by atoms with Crippen LogP contribution in [0.2, 0.25) is 0 Å². The molecule has 2 aromatic carbocycles. The van der Waals surface area contributed by atoms with E-state index in [-0.39, 0.29) is 11.3 Å². The summed E-state index contributed by atoms with van der Waals surface area (Å²) in [5.74, 6) is -0.913. The van der Waals surface area contributed by atoms with Crippen molar-refractivity contribution >= 4 is 33.4 Å². The molecule has 1 aliphatic heterocycles. The van der Waals surface area contributed by atoms with Gasteiger partial charge in [0.25, 0.3) is 11.7 Å². The summed E-state index contributed by atoms with van der Waals surface area (Å²) in [6, 6.07) is 13.5. The Morgan fingerprint density at radius 2 is 1.94 bits per heavy atom. The number of rotatable bonds is 8. The zero-order valence-electron chi connectivity index (χ0n) is 17.5. The third kappa shape index (κ3) is 5.06. The topological polar surface area (TPSA) is 70.1 Å². The van der Waals surface area contributed by atoms with Gasteiger partial charge < -0.3 is 19.6 Å². The number of amides is 1. The quantitative estimate of drug-likeness (QED) is 0.265. The molecular weight excluding hydrogens is 460 g/mol. The van der Waals surface area contributed by atoms with Gasteiger partial charge in [0.1, 0.15) is 18.1 Å². The predicted molar refractivity (Wildman–Crippen MR) is 124 cm³/mol. The molecule has 6 nitrogen and oxygen atoms in total. The van der Waals surface area contributed by atoms with Gasteiger partial charge in [-0.15, -0.1) is 0 Å². The van der Waals surface area contributed by atoms with Crippen molar-refractivity contribution in [2.75, 3.05) is 33.8 Å². The summed E-state index contributed by atoms with van der Waals surface area (Å²) in [4.78, 5) is 29.4. The Morgan fingerprint density at radius 3 is 2.58 bits per heavy atom. The van der Waals surface area contributed by atoms with E-state index < -0.39 is 17.7 Å². The summed E-state index contributed by atoms with van der Waals surface area (Å²) in [6.07, 6.45) is 1.64. The highest BCUT2D eigenvalue weighted by Gasteiger charge is 2.46. The van der Waals surface area contributed by atoms with E-state index in [0.717, 1.165) is 4.47 Å². The van der Waals surface area contributed by atoms with Gasteiger partial charge in [-0.2, -0.15) is 0 Å². The van der Waals surface area contributed by atoms with Crippen LogP contribution >= 0.6 is 15.9 Å². The minimum atomic E-state index is -0.712. The number of likely N-dealkylation sites (tertiary alicyclic amines) is 1. The van der Waals surface area contributed by atoms with Crippen molar-refractivity contribution in [3.05, 3.63) is 82.4 Å². The Labute approximate surface area is 190 Å². The van der Waals surface area contributed by atoms with E-state index in [1.54, 1.807) is 48.5 Å². The maximum absolute atomic E-state index is 13.0. The van der Waals surface area contributed by atoms with Crippen molar-refractivity contribution in [1.29, 1.82) is 0 Å². The molecule has 1 amide bonds. The van der Waals surface area contributed by atoms with Gasteiger partial charge in [-0.1, -0.05) is 52.9 Å². The fourth-order valence-corrected chi connectivity index (χ4v) is 3.72. The predicted octanol–water partition coefficient (Wildman–Crippen LogP) is 4.00. The number of aliphatic hydroxyl groups excluding tert-OH is 1. The molecule has 1 saturated heterocycles. The molecule has 0 bridgehead atoms. The van der Waals surface area contributed by atoms with Crippen LogP contribution in [0.3, 0.4) is 0 Å². The summed E-state index contributed by atoms with van der Waals surface area (Å²) in [5.41, 5.74) is 1.24. The number of carbonyl (C=O) groups is 2. The molecule has 0 unspecified atom stereocenters. The number of aliphatic hydroxyl groups is 1. The van der Waals surface area contributed by atoms with Crippen molar-refractivity contribution in [1.82, 2.24) is 9.80 Å². The second kappa shape index (κ2) is 9.94. The molecule has 1 aliphatic rings. The van der Waals surface area contributed by atoms with E-state index in [1.807, 2.05) is 25.1 Å². The largest absolute Gasteiger partial charge is 0.507 e. The van der Waals surface area contributed by atoms with Crippen LogP contribution < -0.4 is 4.74 Å². The second-order valence-corrected chi connectivity index (χ2v) is 8.39. The second-order valence-electron chi connectivity index (χ2n) is 7.47. The lowest BCUT2D eigenvalue weighted by atomic mass is 9.95. The van der Waals surface area contributed by atoms with Crippen molar-refractivity contribution < 1.29 is 19.4 Å².